The van der Waals surface area contributed by atoms with Gasteiger partial charge in [0.1, 0.15) is 11.9 Å². The Morgan fingerprint density at radius 2 is 1.88 bits per heavy atom. The van der Waals surface area contributed by atoms with Gasteiger partial charge in [0.25, 0.3) is 5.91 Å². The number of benzene rings is 1. The highest BCUT2D eigenvalue weighted by Gasteiger charge is 2.31. The molecule has 7 nitrogen and oxygen atoms in total. The maximum absolute atomic E-state index is 13.0. The minimum Gasteiger partial charge on any atom is -0.366 e. The summed E-state index contributed by atoms with van der Waals surface area (Å²) < 4.78 is 45.3. The molecular formula is C16H23ClFN3O4S. The summed E-state index contributed by atoms with van der Waals surface area (Å²) >= 11 is 0. The molecule has 1 aromatic carbocycles. The molecule has 0 saturated carbocycles. The van der Waals surface area contributed by atoms with Crippen LogP contribution in [0, 0.1) is 5.82 Å². The van der Waals surface area contributed by atoms with Gasteiger partial charge in [0, 0.05) is 39.3 Å². The number of sulfonamides is 1. The third-order valence-electron chi connectivity index (χ3n) is 4.42. The molecule has 2 fully saturated rings. The Bertz CT molecular complexity index is 711. The summed E-state index contributed by atoms with van der Waals surface area (Å²) in [5.74, 6) is -0.582. The van der Waals surface area contributed by atoms with Gasteiger partial charge in [-0.15, -0.1) is 12.4 Å². The summed E-state index contributed by atoms with van der Waals surface area (Å²) in [7, 11) is -3.69. The van der Waals surface area contributed by atoms with Crippen molar-refractivity contribution in [1.82, 2.24) is 14.5 Å². The molecule has 2 saturated heterocycles. The van der Waals surface area contributed by atoms with E-state index in [1.54, 1.807) is 4.90 Å². The lowest BCUT2D eigenvalue weighted by molar-refractivity contribution is -0.145. The van der Waals surface area contributed by atoms with Crippen molar-refractivity contribution in [2.24, 2.45) is 0 Å². The van der Waals surface area contributed by atoms with E-state index in [9.17, 15) is 17.6 Å². The summed E-state index contributed by atoms with van der Waals surface area (Å²) in [6, 6.07) is 4.79. The van der Waals surface area contributed by atoms with Crippen LogP contribution in [0.15, 0.2) is 29.2 Å². The van der Waals surface area contributed by atoms with E-state index in [-0.39, 0.29) is 29.8 Å². The van der Waals surface area contributed by atoms with Crippen LogP contribution in [0.3, 0.4) is 0 Å². The molecule has 1 unspecified atom stereocenters. The zero-order chi connectivity index (χ0) is 17.9. The standard InChI is InChI=1S/C16H22FN3O4S.ClH/c17-13-2-4-14(5-3-13)25(22,23)20-8-1-7-19(9-10-20)16(21)15-12-18-6-11-24-15;/h2-5,15,18H,1,6-12H2;1H. The Labute approximate surface area is 158 Å². The van der Waals surface area contributed by atoms with Gasteiger partial charge in [-0.05, 0) is 30.7 Å². The number of halogens is 2. The highest BCUT2D eigenvalue weighted by atomic mass is 35.5. The first-order chi connectivity index (χ1) is 12.0. The normalized spacial score (nSPS) is 22.3. The van der Waals surface area contributed by atoms with Crippen molar-refractivity contribution < 1.29 is 22.3 Å². The first-order valence-electron chi connectivity index (χ1n) is 8.35. The van der Waals surface area contributed by atoms with Crippen LogP contribution < -0.4 is 5.32 Å². The van der Waals surface area contributed by atoms with Gasteiger partial charge in [-0.2, -0.15) is 4.31 Å². The molecule has 1 atom stereocenters. The molecule has 26 heavy (non-hydrogen) atoms. The number of hydrogen-bond acceptors (Lipinski definition) is 5. The SMILES string of the molecule is Cl.O=C(C1CNCCO1)N1CCCN(S(=O)(=O)c2ccc(F)cc2)CC1. The van der Waals surface area contributed by atoms with Crippen molar-refractivity contribution in [3.63, 3.8) is 0 Å². The lowest BCUT2D eigenvalue weighted by Crippen LogP contribution is -2.50. The monoisotopic (exact) mass is 407 g/mol. The molecule has 3 rings (SSSR count). The number of hydrogen-bond donors (Lipinski definition) is 1. The molecule has 2 aliphatic heterocycles. The fraction of sp³-hybridized carbons (Fsp3) is 0.562. The number of nitrogens with one attached hydrogen (secondary N) is 1. The van der Waals surface area contributed by atoms with Crippen molar-refractivity contribution in [2.75, 3.05) is 45.9 Å². The molecule has 1 aromatic rings. The second-order valence-electron chi connectivity index (χ2n) is 6.10. The quantitative estimate of drug-likeness (QED) is 0.787. The van der Waals surface area contributed by atoms with Crippen LogP contribution in [0.4, 0.5) is 4.39 Å². The van der Waals surface area contributed by atoms with Crippen molar-refractivity contribution in [1.29, 1.82) is 0 Å². The van der Waals surface area contributed by atoms with E-state index in [2.05, 4.69) is 5.32 Å². The molecule has 0 aromatic heterocycles. The summed E-state index contributed by atoms with van der Waals surface area (Å²) in [6.07, 6.45) is 0.0424. The molecule has 0 spiro atoms. The zero-order valence-electron chi connectivity index (χ0n) is 14.3. The third-order valence-corrected chi connectivity index (χ3v) is 6.33. The Balaban J connectivity index is 0.00000243. The molecule has 0 aliphatic carbocycles. The lowest BCUT2D eigenvalue weighted by atomic mass is 10.2. The predicted octanol–water partition coefficient (Wildman–Crippen LogP) is 0.459. The number of carbonyl (C=O) groups excluding carboxylic acids is 1. The van der Waals surface area contributed by atoms with Gasteiger partial charge in [0.05, 0.1) is 11.5 Å². The molecule has 1 N–H and O–H groups in total. The van der Waals surface area contributed by atoms with E-state index < -0.39 is 21.9 Å². The van der Waals surface area contributed by atoms with Gasteiger partial charge < -0.3 is 15.0 Å². The summed E-state index contributed by atoms with van der Waals surface area (Å²) in [5.41, 5.74) is 0. The van der Waals surface area contributed by atoms with Crippen LogP contribution in [0.1, 0.15) is 6.42 Å². The average Bonchev–Trinajstić information content (AvgIpc) is 2.89. The van der Waals surface area contributed by atoms with Gasteiger partial charge in [-0.25, -0.2) is 12.8 Å². The Hall–Kier alpha value is -1.26. The van der Waals surface area contributed by atoms with E-state index in [4.69, 9.17) is 4.74 Å². The van der Waals surface area contributed by atoms with Gasteiger partial charge in [-0.1, -0.05) is 0 Å². The first kappa shape index (κ1) is 21.0. The fourth-order valence-electron chi connectivity index (χ4n) is 3.04. The van der Waals surface area contributed by atoms with E-state index in [0.717, 1.165) is 18.7 Å². The predicted molar refractivity (Wildman–Crippen MR) is 96.2 cm³/mol. The Morgan fingerprint density at radius 3 is 2.54 bits per heavy atom. The van der Waals surface area contributed by atoms with E-state index in [0.29, 0.717) is 39.2 Å². The number of ether oxygens (including phenoxy) is 1. The Morgan fingerprint density at radius 1 is 1.15 bits per heavy atom. The Kier molecular flexibility index (Phi) is 7.36. The first-order valence-corrected chi connectivity index (χ1v) is 9.79. The van der Waals surface area contributed by atoms with Crippen LogP contribution >= 0.6 is 12.4 Å². The topological polar surface area (TPSA) is 79.0 Å². The van der Waals surface area contributed by atoms with Crippen LogP contribution in [-0.2, 0) is 19.6 Å². The minimum atomic E-state index is -3.69. The smallest absolute Gasteiger partial charge is 0.253 e. The van der Waals surface area contributed by atoms with Crippen LogP contribution in [-0.4, -0.2) is 75.5 Å². The largest absolute Gasteiger partial charge is 0.366 e. The number of morpholine rings is 1. The van der Waals surface area contributed by atoms with Crippen LogP contribution in [0.25, 0.3) is 0 Å². The highest BCUT2D eigenvalue weighted by molar-refractivity contribution is 7.89. The summed E-state index contributed by atoms with van der Waals surface area (Å²) in [4.78, 5) is 14.2. The third kappa shape index (κ3) is 4.72. The van der Waals surface area contributed by atoms with Crippen LogP contribution in [0.2, 0.25) is 0 Å². The van der Waals surface area contributed by atoms with Crippen molar-refractivity contribution in [3.05, 3.63) is 30.1 Å². The minimum absolute atomic E-state index is 0. The molecule has 146 valence electrons. The zero-order valence-corrected chi connectivity index (χ0v) is 15.9. The number of rotatable bonds is 3. The maximum atomic E-state index is 13.0. The lowest BCUT2D eigenvalue weighted by Gasteiger charge is -2.29. The second kappa shape index (κ2) is 9.09. The van der Waals surface area contributed by atoms with Gasteiger partial charge in [0.2, 0.25) is 10.0 Å². The van der Waals surface area contributed by atoms with E-state index >= 15 is 0 Å². The van der Waals surface area contributed by atoms with Crippen LogP contribution in [0.5, 0.6) is 0 Å². The number of carbonyl (C=O) groups is 1. The fourth-order valence-corrected chi connectivity index (χ4v) is 4.51. The van der Waals surface area contributed by atoms with Crippen molar-refractivity contribution in [3.8, 4) is 0 Å². The molecule has 1 amide bonds. The van der Waals surface area contributed by atoms with Crippen molar-refractivity contribution in [2.45, 2.75) is 17.4 Å². The number of nitrogens with zero attached hydrogens (tertiary/aromatic N) is 2. The number of amides is 1. The molecule has 0 radical (unpaired) electrons. The highest BCUT2D eigenvalue weighted by Crippen LogP contribution is 2.18. The van der Waals surface area contributed by atoms with E-state index in [1.165, 1.54) is 16.4 Å². The molecule has 0 bridgehead atoms. The molecule has 10 heteroatoms. The summed E-state index contributed by atoms with van der Waals surface area (Å²) in [6.45, 7) is 3.06. The second-order valence-corrected chi connectivity index (χ2v) is 8.04. The van der Waals surface area contributed by atoms with Gasteiger partial charge in [-0.3, -0.25) is 4.79 Å². The molecule has 2 aliphatic rings. The van der Waals surface area contributed by atoms with E-state index in [1.807, 2.05) is 0 Å². The van der Waals surface area contributed by atoms with Gasteiger partial charge in [0.15, 0.2) is 0 Å². The molecule has 2 heterocycles. The average molecular weight is 408 g/mol. The summed E-state index contributed by atoms with van der Waals surface area (Å²) in [5, 5.41) is 3.12. The molecular weight excluding hydrogens is 385 g/mol. The maximum Gasteiger partial charge on any atom is 0.253 e. The van der Waals surface area contributed by atoms with Crippen molar-refractivity contribution >= 4 is 28.3 Å². The van der Waals surface area contributed by atoms with Gasteiger partial charge >= 0.3 is 0 Å².